The van der Waals surface area contributed by atoms with Crippen LogP contribution in [0.1, 0.15) is 52.9 Å². The van der Waals surface area contributed by atoms with Crippen LogP contribution < -0.4 is 5.32 Å². The van der Waals surface area contributed by atoms with Gasteiger partial charge in [-0.15, -0.1) is 0 Å². The number of carbonyl (C=O) groups is 2. The van der Waals surface area contributed by atoms with E-state index in [2.05, 4.69) is 12.2 Å². The lowest BCUT2D eigenvalue weighted by Crippen LogP contribution is -2.63. The fraction of sp³-hybridized carbons (Fsp3) is 0.857. The average Bonchev–Trinajstić information content (AvgIpc) is 2.73. The summed E-state index contributed by atoms with van der Waals surface area (Å²) < 4.78 is 0. The molecule has 1 aliphatic carbocycles. The van der Waals surface area contributed by atoms with Crippen LogP contribution in [0.25, 0.3) is 0 Å². The van der Waals surface area contributed by atoms with Gasteiger partial charge in [0.1, 0.15) is 12.1 Å². The van der Waals surface area contributed by atoms with Crippen molar-refractivity contribution in [2.45, 2.75) is 65.0 Å². The van der Waals surface area contributed by atoms with Gasteiger partial charge >= 0.3 is 0 Å². The number of hydrogen-bond acceptors (Lipinski definition) is 2. The summed E-state index contributed by atoms with van der Waals surface area (Å²) in [5.41, 5.74) is 0.209. The monoisotopic (exact) mass is 252 g/mol. The summed E-state index contributed by atoms with van der Waals surface area (Å²) in [5.74, 6) is 0.0840. The Morgan fingerprint density at radius 2 is 1.94 bits per heavy atom. The molecule has 0 aromatic rings. The average molecular weight is 252 g/mol. The van der Waals surface area contributed by atoms with Gasteiger partial charge in [0.15, 0.2) is 0 Å². The van der Waals surface area contributed by atoms with Crippen LogP contribution in [0, 0.1) is 5.41 Å². The molecule has 0 aromatic carbocycles. The minimum absolute atomic E-state index is 0.00574. The molecule has 1 heterocycles. The Balaban J connectivity index is 2.15. The predicted octanol–water partition coefficient (Wildman–Crippen LogP) is 1.69. The summed E-state index contributed by atoms with van der Waals surface area (Å²) in [4.78, 5) is 26.1. The summed E-state index contributed by atoms with van der Waals surface area (Å²) in [5, 5.41) is 2.77. The van der Waals surface area contributed by atoms with Crippen molar-refractivity contribution in [1.29, 1.82) is 0 Å². The Hall–Kier alpha value is -1.06. The molecule has 2 atom stereocenters. The molecule has 0 aromatic heterocycles. The fourth-order valence-electron chi connectivity index (χ4n) is 3.31. The first-order valence-electron chi connectivity index (χ1n) is 7.08. The smallest absolute Gasteiger partial charge is 0.245 e. The molecule has 2 aliphatic rings. The van der Waals surface area contributed by atoms with Crippen LogP contribution in [0.15, 0.2) is 0 Å². The van der Waals surface area contributed by atoms with Crippen molar-refractivity contribution >= 4 is 11.8 Å². The van der Waals surface area contributed by atoms with E-state index in [9.17, 15) is 9.59 Å². The summed E-state index contributed by atoms with van der Waals surface area (Å²) >= 11 is 0. The lowest BCUT2D eigenvalue weighted by molar-refractivity contribution is -0.150. The van der Waals surface area contributed by atoms with E-state index in [1.165, 1.54) is 25.7 Å². The predicted molar refractivity (Wildman–Crippen MR) is 70.0 cm³/mol. The van der Waals surface area contributed by atoms with E-state index in [0.717, 1.165) is 6.54 Å². The van der Waals surface area contributed by atoms with Crippen LogP contribution in [-0.4, -0.2) is 35.3 Å². The third-order valence-corrected chi connectivity index (χ3v) is 4.44. The lowest BCUT2D eigenvalue weighted by atomic mass is 9.87. The topological polar surface area (TPSA) is 49.4 Å². The van der Waals surface area contributed by atoms with Gasteiger partial charge in [-0.05, 0) is 31.6 Å². The standard InChI is InChI=1S/C14H24N2O2/c1-4-11-12(17)15-10(2)13(18)16(11)9-14(3)7-5-6-8-14/h10-11H,4-9H2,1-3H3,(H,15,17). The number of nitrogens with zero attached hydrogens (tertiary/aromatic N) is 1. The molecule has 1 saturated heterocycles. The number of nitrogens with one attached hydrogen (secondary N) is 1. The fourth-order valence-corrected chi connectivity index (χ4v) is 3.31. The zero-order valence-corrected chi connectivity index (χ0v) is 11.7. The van der Waals surface area contributed by atoms with E-state index in [4.69, 9.17) is 0 Å². The van der Waals surface area contributed by atoms with Gasteiger partial charge in [-0.2, -0.15) is 0 Å². The van der Waals surface area contributed by atoms with Crippen LogP contribution in [0.4, 0.5) is 0 Å². The molecule has 1 aliphatic heterocycles. The minimum atomic E-state index is -0.370. The number of hydrogen-bond donors (Lipinski definition) is 1. The summed E-state index contributed by atoms with van der Waals surface area (Å²) in [6.45, 7) is 6.73. The van der Waals surface area contributed by atoms with Gasteiger partial charge < -0.3 is 10.2 Å². The van der Waals surface area contributed by atoms with Crippen LogP contribution in [-0.2, 0) is 9.59 Å². The zero-order valence-electron chi connectivity index (χ0n) is 11.7. The van der Waals surface area contributed by atoms with E-state index >= 15 is 0 Å². The van der Waals surface area contributed by atoms with Crippen molar-refractivity contribution in [1.82, 2.24) is 10.2 Å². The molecule has 4 nitrogen and oxygen atoms in total. The van der Waals surface area contributed by atoms with Gasteiger partial charge in [-0.3, -0.25) is 9.59 Å². The third kappa shape index (κ3) is 2.38. The molecule has 102 valence electrons. The SMILES string of the molecule is CCC1C(=O)NC(C)C(=O)N1CC1(C)CCCC1. The Bertz CT molecular complexity index is 348. The molecule has 0 bridgehead atoms. The second-order valence-corrected chi connectivity index (χ2v) is 6.14. The van der Waals surface area contributed by atoms with Crippen LogP contribution >= 0.6 is 0 Å². The zero-order chi connectivity index (χ0) is 13.3. The Morgan fingerprint density at radius 1 is 1.33 bits per heavy atom. The highest BCUT2D eigenvalue weighted by molar-refractivity contribution is 5.96. The van der Waals surface area contributed by atoms with Crippen LogP contribution in [0.3, 0.4) is 0 Å². The molecular weight excluding hydrogens is 228 g/mol. The second kappa shape index (κ2) is 4.90. The van der Waals surface area contributed by atoms with Crippen molar-refractivity contribution in [3.8, 4) is 0 Å². The van der Waals surface area contributed by atoms with E-state index in [1.807, 2.05) is 11.8 Å². The maximum Gasteiger partial charge on any atom is 0.245 e. The van der Waals surface area contributed by atoms with Crippen molar-refractivity contribution in [3.05, 3.63) is 0 Å². The molecule has 4 heteroatoms. The number of amides is 2. The minimum Gasteiger partial charge on any atom is -0.343 e. The molecule has 0 radical (unpaired) electrons. The number of piperazine rings is 1. The Kier molecular flexibility index (Phi) is 3.64. The van der Waals surface area contributed by atoms with Crippen LogP contribution in [0.2, 0.25) is 0 Å². The molecule has 1 saturated carbocycles. The summed E-state index contributed by atoms with van der Waals surface area (Å²) in [7, 11) is 0. The van der Waals surface area contributed by atoms with Crippen LogP contribution in [0.5, 0.6) is 0 Å². The number of rotatable bonds is 3. The number of carbonyl (C=O) groups excluding carboxylic acids is 2. The normalized spacial score (nSPS) is 31.6. The van der Waals surface area contributed by atoms with Gasteiger partial charge in [0, 0.05) is 6.54 Å². The molecule has 2 fully saturated rings. The maximum atomic E-state index is 12.3. The van der Waals surface area contributed by atoms with E-state index in [-0.39, 0.29) is 29.3 Å². The van der Waals surface area contributed by atoms with E-state index in [1.54, 1.807) is 6.92 Å². The van der Waals surface area contributed by atoms with E-state index in [0.29, 0.717) is 6.42 Å². The quantitative estimate of drug-likeness (QED) is 0.831. The first-order valence-corrected chi connectivity index (χ1v) is 7.08. The molecule has 2 unspecified atom stereocenters. The van der Waals surface area contributed by atoms with Gasteiger partial charge in [-0.1, -0.05) is 26.7 Å². The molecule has 1 N–H and O–H groups in total. The first kappa shape index (κ1) is 13.4. The molecular formula is C14H24N2O2. The second-order valence-electron chi connectivity index (χ2n) is 6.14. The Labute approximate surface area is 109 Å². The van der Waals surface area contributed by atoms with Crippen molar-refractivity contribution in [3.63, 3.8) is 0 Å². The largest absolute Gasteiger partial charge is 0.343 e. The highest BCUT2D eigenvalue weighted by Gasteiger charge is 2.41. The van der Waals surface area contributed by atoms with Gasteiger partial charge in [0.2, 0.25) is 11.8 Å². The van der Waals surface area contributed by atoms with Crippen molar-refractivity contribution < 1.29 is 9.59 Å². The van der Waals surface area contributed by atoms with Gasteiger partial charge in [0.05, 0.1) is 0 Å². The van der Waals surface area contributed by atoms with Crippen molar-refractivity contribution in [2.75, 3.05) is 6.54 Å². The molecule has 0 spiro atoms. The lowest BCUT2D eigenvalue weighted by Gasteiger charge is -2.41. The van der Waals surface area contributed by atoms with E-state index < -0.39 is 0 Å². The highest BCUT2D eigenvalue weighted by atomic mass is 16.2. The van der Waals surface area contributed by atoms with Crippen molar-refractivity contribution in [2.24, 2.45) is 5.41 Å². The molecule has 2 amide bonds. The highest BCUT2D eigenvalue weighted by Crippen LogP contribution is 2.39. The summed E-state index contributed by atoms with van der Waals surface area (Å²) in [6, 6.07) is -0.642. The van der Waals surface area contributed by atoms with Gasteiger partial charge in [0.25, 0.3) is 0 Å². The third-order valence-electron chi connectivity index (χ3n) is 4.44. The first-order chi connectivity index (χ1) is 8.47. The maximum absolute atomic E-state index is 12.3. The van der Waals surface area contributed by atoms with Gasteiger partial charge in [-0.25, -0.2) is 0 Å². The molecule has 18 heavy (non-hydrogen) atoms. The molecule has 2 rings (SSSR count). The Morgan fingerprint density at radius 3 is 2.50 bits per heavy atom. The summed E-state index contributed by atoms with van der Waals surface area (Å²) in [6.07, 6.45) is 5.53.